The Bertz CT molecular complexity index is 1130. The van der Waals surface area contributed by atoms with E-state index in [4.69, 9.17) is 0 Å². The standard InChI is InChI=1S/C22H23F2N5O2/c23-14-4-6-17(24)16(11-14)19-2-1-8-28(19)20-7-9-29-21(27-20)18(12-25-29)26-22(31)13-3-5-15(30)10-13/h4,6-7,9,11-13,15,19,30H,1-3,5,8,10H2,(H,26,31)/t13?,15?,19-/m1/s1. The molecule has 1 aliphatic carbocycles. The van der Waals surface area contributed by atoms with Gasteiger partial charge in [0.2, 0.25) is 5.91 Å². The van der Waals surface area contributed by atoms with Crippen LogP contribution in [0.5, 0.6) is 0 Å². The molecule has 0 radical (unpaired) electrons. The van der Waals surface area contributed by atoms with E-state index in [-0.39, 0.29) is 17.9 Å². The van der Waals surface area contributed by atoms with Gasteiger partial charge in [-0.3, -0.25) is 4.79 Å². The van der Waals surface area contributed by atoms with Gasteiger partial charge >= 0.3 is 0 Å². The molecule has 2 aromatic heterocycles. The number of fused-ring (bicyclic) bond motifs is 1. The number of carbonyl (C=O) groups is 1. The van der Waals surface area contributed by atoms with Gasteiger partial charge in [-0.05, 0) is 56.4 Å². The van der Waals surface area contributed by atoms with Crippen LogP contribution in [0.15, 0.2) is 36.7 Å². The lowest BCUT2D eigenvalue weighted by Crippen LogP contribution is -2.25. The van der Waals surface area contributed by atoms with Crippen LogP contribution < -0.4 is 10.2 Å². The van der Waals surface area contributed by atoms with Gasteiger partial charge in [0.05, 0.1) is 18.3 Å². The smallest absolute Gasteiger partial charge is 0.227 e. The van der Waals surface area contributed by atoms with E-state index in [0.29, 0.717) is 54.9 Å². The highest BCUT2D eigenvalue weighted by atomic mass is 19.1. The number of halogens is 2. The minimum Gasteiger partial charge on any atom is -0.393 e. The first-order valence-corrected chi connectivity index (χ1v) is 10.5. The number of benzene rings is 1. The van der Waals surface area contributed by atoms with Gasteiger partial charge in [-0.2, -0.15) is 5.10 Å². The molecule has 5 rings (SSSR count). The summed E-state index contributed by atoms with van der Waals surface area (Å²) in [6, 6.07) is 4.99. The topological polar surface area (TPSA) is 82.8 Å². The maximum absolute atomic E-state index is 14.4. The zero-order chi connectivity index (χ0) is 21.5. The van der Waals surface area contributed by atoms with Crippen molar-refractivity contribution in [2.24, 2.45) is 5.92 Å². The maximum atomic E-state index is 14.4. The molecule has 0 bridgehead atoms. The van der Waals surface area contributed by atoms with Crippen LogP contribution in [0.2, 0.25) is 0 Å². The largest absolute Gasteiger partial charge is 0.393 e. The Morgan fingerprint density at radius 1 is 1.19 bits per heavy atom. The molecule has 2 fully saturated rings. The highest BCUT2D eigenvalue weighted by Gasteiger charge is 2.31. The molecular formula is C22H23F2N5O2. The van der Waals surface area contributed by atoms with Crippen LogP contribution in [-0.2, 0) is 4.79 Å². The summed E-state index contributed by atoms with van der Waals surface area (Å²) in [7, 11) is 0. The Balaban J connectivity index is 1.43. The van der Waals surface area contributed by atoms with E-state index in [1.54, 1.807) is 23.0 Å². The molecule has 1 saturated heterocycles. The van der Waals surface area contributed by atoms with Crippen molar-refractivity contribution >= 4 is 23.1 Å². The number of carbonyl (C=O) groups excluding carboxylic acids is 1. The van der Waals surface area contributed by atoms with Crippen LogP contribution >= 0.6 is 0 Å². The Morgan fingerprint density at radius 3 is 2.87 bits per heavy atom. The monoisotopic (exact) mass is 427 g/mol. The second-order valence-electron chi connectivity index (χ2n) is 8.28. The van der Waals surface area contributed by atoms with E-state index in [2.05, 4.69) is 15.4 Å². The molecular weight excluding hydrogens is 404 g/mol. The lowest BCUT2D eigenvalue weighted by molar-refractivity contribution is -0.119. The number of amides is 1. The number of anilines is 2. The Labute approximate surface area is 177 Å². The van der Waals surface area contributed by atoms with Crippen molar-refractivity contribution in [1.82, 2.24) is 14.6 Å². The van der Waals surface area contributed by atoms with Crippen molar-refractivity contribution in [3.8, 4) is 0 Å². The van der Waals surface area contributed by atoms with E-state index < -0.39 is 17.7 Å². The number of aliphatic hydroxyl groups excluding tert-OH is 1. The number of nitrogens with zero attached hydrogens (tertiary/aromatic N) is 4. The lowest BCUT2D eigenvalue weighted by atomic mass is 10.0. The quantitative estimate of drug-likeness (QED) is 0.667. The van der Waals surface area contributed by atoms with E-state index in [1.807, 2.05) is 4.90 Å². The number of hydrogen-bond acceptors (Lipinski definition) is 5. The molecule has 1 aliphatic heterocycles. The average Bonchev–Trinajstić information content (AvgIpc) is 3.49. The van der Waals surface area contributed by atoms with Gasteiger partial charge in [0.15, 0.2) is 5.65 Å². The molecule has 3 atom stereocenters. The van der Waals surface area contributed by atoms with E-state index >= 15 is 0 Å². The second kappa shape index (κ2) is 7.88. The van der Waals surface area contributed by atoms with Gasteiger partial charge in [-0.15, -0.1) is 0 Å². The maximum Gasteiger partial charge on any atom is 0.227 e. The molecule has 2 N–H and O–H groups in total. The average molecular weight is 427 g/mol. The van der Waals surface area contributed by atoms with Crippen molar-refractivity contribution in [3.05, 3.63) is 53.9 Å². The normalized spacial score (nSPS) is 23.6. The van der Waals surface area contributed by atoms with Gasteiger partial charge in [0, 0.05) is 24.2 Å². The summed E-state index contributed by atoms with van der Waals surface area (Å²) in [5.74, 6) is -0.669. The van der Waals surface area contributed by atoms with Crippen molar-refractivity contribution < 1.29 is 18.7 Å². The van der Waals surface area contributed by atoms with Gasteiger partial charge in [0.1, 0.15) is 23.1 Å². The molecule has 162 valence electrons. The van der Waals surface area contributed by atoms with E-state index in [1.165, 1.54) is 6.07 Å². The van der Waals surface area contributed by atoms with Crippen LogP contribution in [0, 0.1) is 17.6 Å². The van der Waals surface area contributed by atoms with Crippen molar-refractivity contribution in [3.63, 3.8) is 0 Å². The van der Waals surface area contributed by atoms with Gasteiger partial charge in [-0.1, -0.05) is 0 Å². The summed E-state index contributed by atoms with van der Waals surface area (Å²) in [6.45, 7) is 0.666. The molecule has 2 aliphatic rings. The molecule has 1 aromatic carbocycles. The Morgan fingerprint density at radius 2 is 2.06 bits per heavy atom. The summed E-state index contributed by atoms with van der Waals surface area (Å²) in [5.41, 5.74) is 1.29. The highest BCUT2D eigenvalue weighted by Crippen LogP contribution is 2.37. The summed E-state index contributed by atoms with van der Waals surface area (Å²) in [4.78, 5) is 19.2. The Kier molecular flexibility index (Phi) is 5.05. The first-order valence-electron chi connectivity index (χ1n) is 10.5. The second-order valence-corrected chi connectivity index (χ2v) is 8.28. The van der Waals surface area contributed by atoms with Crippen LogP contribution in [0.4, 0.5) is 20.3 Å². The minimum absolute atomic E-state index is 0.153. The van der Waals surface area contributed by atoms with Crippen molar-refractivity contribution in [1.29, 1.82) is 0 Å². The fourth-order valence-corrected chi connectivity index (χ4v) is 4.67. The van der Waals surface area contributed by atoms with Crippen LogP contribution in [0.25, 0.3) is 5.65 Å². The third-order valence-electron chi connectivity index (χ3n) is 6.25. The summed E-state index contributed by atoms with van der Waals surface area (Å²) >= 11 is 0. The molecule has 7 nitrogen and oxygen atoms in total. The van der Waals surface area contributed by atoms with Gasteiger partial charge < -0.3 is 15.3 Å². The van der Waals surface area contributed by atoms with Crippen molar-refractivity contribution in [2.75, 3.05) is 16.8 Å². The fourth-order valence-electron chi connectivity index (χ4n) is 4.67. The third kappa shape index (κ3) is 3.74. The number of aliphatic hydroxyl groups is 1. The van der Waals surface area contributed by atoms with Crippen LogP contribution in [0.1, 0.15) is 43.7 Å². The molecule has 0 spiro atoms. The van der Waals surface area contributed by atoms with Crippen LogP contribution in [-0.4, -0.2) is 38.3 Å². The molecule has 31 heavy (non-hydrogen) atoms. The first kappa shape index (κ1) is 19.9. The minimum atomic E-state index is -0.468. The summed E-state index contributed by atoms with van der Waals surface area (Å²) in [6.07, 6.45) is 6.12. The number of nitrogens with one attached hydrogen (secondary N) is 1. The third-order valence-corrected chi connectivity index (χ3v) is 6.25. The number of hydrogen-bond donors (Lipinski definition) is 2. The number of aromatic nitrogens is 3. The first-order chi connectivity index (χ1) is 15.0. The van der Waals surface area contributed by atoms with E-state index in [0.717, 1.165) is 18.6 Å². The lowest BCUT2D eigenvalue weighted by Gasteiger charge is -2.26. The molecule has 3 heterocycles. The highest BCUT2D eigenvalue weighted by molar-refractivity contribution is 5.95. The zero-order valence-corrected chi connectivity index (χ0v) is 16.8. The zero-order valence-electron chi connectivity index (χ0n) is 16.8. The van der Waals surface area contributed by atoms with Crippen molar-refractivity contribution in [2.45, 2.75) is 44.2 Å². The number of rotatable bonds is 4. The van der Waals surface area contributed by atoms with E-state index in [9.17, 15) is 18.7 Å². The predicted molar refractivity (Wildman–Crippen MR) is 111 cm³/mol. The van der Waals surface area contributed by atoms with Gasteiger partial charge in [0.25, 0.3) is 0 Å². The molecule has 3 aromatic rings. The fraction of sp³-hybridized carbons (Fsp3) is 0.409. The Hall–Kier alpha value is -3.07. The molecule has 2 unspecified atom stereocenters. The SMILES string of the molecule is O=C(Nc1cnn2ccc(N3CCC[C@@H]3c3cc(F)ccc3F)nc12)C1CCC(O)C1. The summed E-state index contributed by atoms with van der Waals surface area (Å²) < 4.78 is 29.7. The van der Waals surface area contributed by atoms with Gasteiger partial charge in [-0.25, -0.2) is 18.3 Å². The molecule has 1 amide bonds. The molecule has 9 heteroatoms. The summed E-state index contributed by atoms with van der Waals surface area (Å²) in [5, 5.41) is 16.8. The van der Waals surface area contributed by atoms with Crippen LogP contribution in [0.3, 0.4) is 0 Å². The predicted octanol–water partition coefficient (Wildman–Crippen LogP) is 3.45. The molecule has 1 saturated carbocycles.